The Bertz CT molecular complexity index is 478. The number of sulfonamides is 1. The molecule has 3 N–H and O–H groups in total. The number of nitrogens with zero attached hydrogens (tertiary/aromatic N) is 2. The van der Waals surface area contributed by atoms with E-state index in [1.54, 1.807) is 0 Å². The summed E-state index contributed by atoms with van der Waals surface area (Å²) >= 11 is 0. The molecule has 0 spiro atoms. The van der Waals surface area contributed by atoms with Crippen LogP contribution in [0.1, 0.15) is 26.2 Å². The number of hydrogen-bond acceptors (Lipinski definition) is 4. The molecular weight excluding hydrogens is 240 g/mol. The van der Waals surface area contributed by atoms with Crippen LogP contribution in [0.2, 0.25) is 0 Å². The quantitative estimate of drug-likeness (QED) is 0.817. The number of hydrogen-bond donors (Lipinski definition) is 2. The molecule has 2 rings (SSSR count). The van der Waals surface area contributed by atoms with Crippen LogP contribution in [0.4, 0.5) is 5.82 Å². The molecular formula is C10H18N4O2S. The topological polar surface area (TPSA) is 92.1 Å². The fourth-order valence-electron chi connectivity index (χ4n) is 1.99. The summed E-state index contributed by atoms with van der Waals surface area (Å²) in [6.45, 7) is 2.89. The number of aromatic amines is 1. The van der Waals surface area contributed by atoms with E-state index in [-0.39, 0.29) is 10.7 Å². The Balaban J connectivity index is 2.20. The van der Waals surface area contributed by atoms with Crippen molar-refractivity contribution < 1.29 is 8.42 Å². The fraction of sp³-hybridized carbons (Fsp3) is 0.700. The van der Waals surface area contributed by atoms with Crippen molar-refractivity contribution in [1.82, 2.24) is 14.5 Å². The van der Waals surface area contributed by atoms with Crippen LogP contribution in [0.5, 0.6) is 0 Å². The monoisotopic (exact) mass is 258 g/mol. The Hall–Kier alpha value is -1.08. The van der Waals surface area contributed by atoms with Gasteiger partial charge in [0.15, 0.2) is 0 Å². The van der Waals surface area contributed by atoms with E-state index in [2.05, 4.69) is 10.2 Å². The molecule has 96 valence electrons. The molecule has 1 saturated carbocycles. The number of aromatic nitrogens is 2. The maximum absolute atomic E-state index is 12.3. The molecule has 6 nitrogen and oxygen atoms in total. The first-order valence-corrected chi connectivity index (χ1v) is 7.28. The van der Waals surface area contributed by atoms with Gasteiger partial charge in [-0.25, -0.2) is 8.42 Å². The number of nitrogens with one attached hydrogen (secondary N) is 1. The summed E-state index contributed by atoms with van der Waals surface area (Å²) in [6, 6.07) is 0. The molecule has 0 unspecified atom stereocenters. The third-order valence-corrected chi connectivity index (χ3v) is 5.26. The van der Waals surface area contributed by atoms with E-state index in [9.17, 15) is 8.42 Å². The standard InChI is InChI=1S/C10H18N4O2S/c1-2-14(7-8-4-3-5-8)17(15,16)9-6-12-13-10(9)11/h6,8H,2-5,7H2,1H3,(H3,11,12,13). The van der Waals surface area contributed by atoms with Crippen molar-refractivity contribution >= 4 is 15.8 Å². The number of nitrogens with two attached hydrogens (primary N) is 1. The number of rotatable bonds is 5. The van der Waals surface area contributed by atoms with Gasteiger partial charge in [-0.3, -0.25) is 5.10 Å². The van der Waals surface area contributed by atoms with Crippen LogP contribution in [-0.4, -0.2) is 36.0 Å². The Morgan fingerprint density at radius 1 is 1.59 bits per heavy atom. The average molecular weight is 258 g/mol. The first kappa shape index (κ1) is 12.4. The third-order valence-electron chi connectivity index (χ3n) is 3.29. The Labute approximate surface area is 101 Å². The van der Waals surface area contributed by atoms with Gasteiger partial charge in [0.25, 0.3) is 0 Å². The highest BCUT2D eigenvalue weighted by molar-refractivity contribution is 7.89. The van der Waals surface area contributed by atoms with Gasteiger partial charge in [0.2, 0.25) is 10.0 Å². The molecule has 0 radical (unpaired) electrons. The SMILES string of the molecule is CCN(CC1CCC1)S(=O)(=O)c1cn[nH]c1N. The lowest BCUT2D eigenvalue weighted by Gasteiger charge is -2.30. The Kier molecular flexibility index (Phi) is 3.39. The van der Waals surface area contributed by atoms with Gasteiger partial charge < -0.3 is 5.73 Å². The molecule has 0 saturated heterocycles. The second kappa shape index (κ2) is 4.66. The van der Waals surface area contributed by atoms with E-state index in [4.69, 9.17) is 5.73 Å². The van der Waals surface area contributed by atoms with Crippen molar-refractivity contribution in [2.75, 3.05) is 18.8 Å². The Morgan fingerprint density at radius 2 is 2.29 bits per heavy atom. The molecule has 17 heavy (non-hydrogen) atoms. The molecule has 7 heteroatoms. The predicted molar refractivity (Wildman–Crippen MR) is 64.8 cm³/mol. The fourth-order valence-corrected chi connectivity index (χ4v) is 3.52. The van der Waals surface area contributed by atoms with Crippen molar-refractivity contribution in [1.29, 1.82) is 0 Å². The predicted octanol–water partition coefficient (Wildman–Crippen LogP) is 0.803. The van der Waals surface area contributed by atoms with Crippen LogP contribution in [-0.2, 0) is 10.0 Å². The highest BCUT2D eigenvalue weighted by Crippen LogP contribution is 2.29. The van der Waals surface area contributed by atoms with Crippen LogP contribution in [0, 0.1) is 5.92 Å². The highest BCUT2D eigenvalue weighted by Gasteiger charge is 2.30. The van der Waals surface area contributed by atoms with Gasteiger partial charge >= 0.3 is 0 Å². The summed E-state index contributed by atoms with van der Waals surface area (Å²) in [6.07, 6.45) is 4.71. The van der Waals surface area contributed by atoms with E-state index in [1.165, 1.54) is 16.9 Å². The van der Waals surface area contributed by atoms with Crippen molar-refractivity contribution in [3.05, 3.63) is 6.20 Å². The van der Waals surface area contributed by atoms with Gasteiger partial charge in [0.1, 0.15) is 10.7 Å². The second-order valence-corrected chi connectivity index (χ2v) is 6.31. The normalized spacial score (nSPS) is 17.3. The molecule has 0 bridgehead atoms. The third kappa shape index (κ3) is 2.30. The molecule has 0 amide bonds. The zero-order chi connectivity index (χ0) is 12.5. The smallest absolute Gasteiger partial charge is 0.248 e. The average Bonchev–Trinajstić information content (AvgIpc) is 2.63. The van der Waals surface area contributed by atoms with Crippen LogP contribution in [0.15, 0.2) is 11.1 Å². The Morgan fingerprint density at radius 3 is 2.71 bits per heavy atom. The van der Waals surface area contributed by atoms with E-state index < -0.39 is 10.0 Å². The molecule has 1 aromatic heterocycles. The number of nitrogen functional groups attached to an aromatic ring is 1. The van der Waals surface area contributed by atoms with E-state index in [1.807, 2.05) is 6.92 Å². The molecule has 0 aliphatic heterocycles. The van der Waals surface area contributed by atoms with Crippen molar-refractivity contribution in [3.63, 3.8) is 0 Å². The zero-order valence-corrected chi connectivity index (χ0v) is 10.7. The zero-order valence-electron chi connectivity index (χ0n) is 9.89. The van der Waals surface area contributed by atoms with Crippen LogP contribution in [0.25, 0.3) is 0 Å². The lowest BCUT2D eigenvalue weighted by Crippen LogP contribution is -2.37. The lowest BCUT2D eigenvalue weighted by atomic mass is 9.85. The maximum atomic E-state index is 12.3. The minimum absolute atomic E-state index is 0.0821. The van der Waals surface area contributed by atoms with Crippen LogP contribution >= 0.6 is 0 Å². The van der Waals surface area contributed by atoms with Crippen molar-refractivity contribution in [2.24, 2.45) is 5.92 Å². The largest absolute Gasteiger partial charge is 0.383 e. The molecule has 1 aliphatic rings. The molecule has 1 aliphatic carbocycles. The summed E-state index contributed by atoms with van der Waals surface area (Å²) in [5, 5.41) is 6.12. The number of H-pyrrole nitrogens is 1. The molecule has 1 heterocycles. The van der Waals surface area contributed by atoms with Gasteiger partial charge in [-0.2, -0.15) is 9.40 Å². The second-order valence-electron chi connectivity index (χ2n) is 4.40. The number of anilines is 1. The molecule has 0 atom stereocenters. The van der Waals surface area contributed by atoms with Crippen LogP contribution < -0.4 is 5.73 Å². The van der Waals surface area contributed by atoms with Gasteiger partial charge in [0.05, 0.1) is 6.20 Å². The summed E-state index contributed by atoms with van der Waals surface area (Å²) in [5.41, 5.74) is 5.57. The summed E-state index contributed by atoms with van der Waals surface area (Å²) in [5.74, 6) is 0.606. The lowest BCUT2D eigenvalue weighted by molar-refractivity contribution is 0.250. The van der Waals surface area contributed by atoms with E-state index in [0.717, 1.165) is 12.8 Å². The van der Waals surface area contributed by atoms with Crippen LogP contribution in [0.3, 0.4) is 0 Å². The van der Waals surface area contributed by atoms with Crippen molar-refractivity contribution in [3.8, 4) is 0 Å². The molecule has 0 aromatic carbocycles. The summed E-state index contributed by atoms with van der Waals surface area (Å²) in [7, 11) is -3.50. The van der Waals surface area contributed by atoms with Gasteiger partial charge in [-0.05, 0) is 18.8 Å². The first-order valence-electron chi connectivity index (χ1n) is 5.84. The van der Waals surface area contributed by atoms with E-state index in [0.29, 0.717) is 19.0 Å². The first-order chi connectivity index (χ1) is 8.05. The van der Waals surface area contributed by atoms with Gasteiger partial charge in [-0.15, -0.1) is 0 Å². The minimum Gasteiger partial charge on any atom is -0.383 e. The van der Waals surface area contributed by atoms with Crippen molar-refractivity contribution in [2.45, 2.75) is 31.1 Å². The van der Waals surface area contributed by atoms with E-state index >= 15 is 0 Å². The molecule has 1 fully saturated rings. The molecule has 1 aromatic rings. The maximum Gasteiger partial charge on any atom is 0.248 e. The summed E-state index contributed by atoms with van der Waals surface area (Å²) < 4.78 is 26.1. The highest BCUT2D eigenvalue weighted by atomic mass is 32.2. The summed E-state index contributed by atoms with van der Waals surface area (Å²) in [4.78, 5) is 0.0821. The van der Waals surface area contributed by atoms with Gasteiger partial charge in [0, 0.05) is 13.1 Å². The minimum atomic E-state index is -3.50. The van der Waals surface area contributed by atoms with Gasteiger partial charge in [-0.1, -0.05) is 13.3 Å².